The SMILES string of the molecule is COc1cccc(Cc2ccc(CC#N)cc2CN)c1. The van der Waals surface area contributed by atoms with Gasteiger partial charge in [0.2, 0.25) is 0 Å². The average Bonchev–Trinajstić information content (AvgIpc) is 2.49. The largest absolute Gasteiger partial charge is 0.497 e. The number of nitriles is 1. The van der Waals surface area contributed by atoms with Crippen LogP contribution in [0.3, 0.4) is 0 Å². The van der Waals surface area contributed by atoms with Gasteiger partial charge in [-0.1, -0.05) is 30.3 Å². The highest BCUT2D eigenvalue weighted by Crippen LogP contribution is 2.19. The first-order chi connectivity index (χ1) is 9.76. The van der Waals surface area contributed by atoms with Crippen LogP contribution < -0.4 is 10.5 Å². The first kappa shape index (κ1) is 14.1. The molecule has 0 unspecified atom stereocenters. The van der Waals surface area contributed by atoms with Gasteiger partial charge in [0, 0.05) is 6.54 Å². The standard InChI is InChI=1S/C17H18N2O/c1-20-17-4-2-3-14(11-17)10-15-6-5-13(7-8-18)9-16(15)12-19/h2-6,9,11H,7,10,12,19H2,1H3. The van der Waals surface area contributed by atoms with Crippen LogP contribution in [0.15, 0.2) is 42.5 Å². The van der Waals surface area contributed by atoms with Crippen molar-refractivity contribution < 1.29 is 4.74 Å². The Morgan fingerprint density at radius 2 is 1.95 bits per heavy atom. The van der Waals surface area contributed by atoms with Gasteiger partial charge in [0.25, 0.3) is 0 Å². The summed E-state index contributed by atoms with van der Waals surface area (Å²) in [5.41, 5.74) is 10.3. The molecule has 0 radical (unpaired) electrons. The molecule has 3 heteroatoms. The second kappa shape index (κ2) is 6.74. The van der Waals surface area contributed by atoms with E-state index in [4.69, 9.17) is 15.7 Å². The summed E-state index contributed by atoms with van der Waals surface area (Å²) in [5.74, 6) is 0.859. The number of nitrogens with two attached hydrogens (primary N) is 1. The van der Waals surface area contributed by atoms with E-state index in [1.165, 1.54) is 11.1 Å². The Balaban J connectivity index is 2.26. The van der Waals surface area contributed by atoms with E-state index >= 15 is 0 Å². The maximum absolute atomic E-state index is 8.75. The third kappa shape index (κ3) is 3.37. The molecule has 20 heavy (non-hydrogen) atoms. The van der Waals surface area contributed by atoms with Crippen LogP contribution in [0.2, 0.25) is 0 Å². The van der Waals surface area contributed by atoms with E-state index < -0.39 is 0 Å². The highest BCUT2D eigenvalue weighted by Gasteiger charge is 2.05. The molecule has 3 nitrogen and oxygen atoms in total. The smallest absolute Gasteiger partial charge is 0.119 e. The fourth-order valence-corrected chi connectivity index (χ4v) is 2.25. The number of methoxy groups -OCH3 is 1. The lowest BCUT2D eigenvalue weighted by Gasteiger charge is -2.10. The van der Waals surface area contributed by atoms with E-state index in [-0.39, 0.29) is 0 Å². The van der Waals surface area contributed by atoms with Crippen LogP contribution >= 0.6 is 0 Å². The molecule has 2 aromatic carbocycles. The number of ether oxygens (including phenoxy) is 1. The molecule has 0 saturated heterocycles. The monoisotopic (exact) mass is 266 g/mol. The van der Waals surface area contributed by atoms with E-state index in [1.54, 1.807) is 7.11 Å². The molecule has 2 aromatic rings. The van der Waals surface area contributed by atoms with Gasteiger partial charge in [0.05, 0.1) is 19.6 Å². The van der Waals surface area contributed by atoms with Crippen molar-refractivity contribution in [2.75, 3.05) is 7.11 Å². The zero-order valence-electron chi connectivity index (χ0n) is 11.6. The van der Waals surface area contributed by atoms with Gasteiger partial charge in [0.1, 0.15) is 5.75 Å². The molecular weight excluding hydrogens is 248 g/mol. The summed E-state index contributed by atoms with van der Waals surface area (Å²) in [6, 6.07) is 16.3. The third-order valence-electron chi connectivity index (χ3n) is 3.30. The lowest BCUT2D eigenvalue weighted by atomic mass is 9.97. The van der Waals surface area contributed by atoms with Gasteiger partial charge in [-0.15, -0.1) is 0 Å². The van der Waals surface area contributed by atoms with E-state index in [0.29, 0.717) is 13.0 Å². The molecule has 0 amide bonds. The Morgan fingerprint density at radius 1 is 1.10 bits per heavy atom. The Labute approximate surface area is 119 Å². The molecule has 0 bridgehead atoms. The van der Waals surface area contributed by atoms with Crippen molar-refractivity contribution in [2.45, 2.75) is 19.4 Å². The van der Waals surface area contributed by atoms with E-state index in [2.05, 4.69) is 18.2 Å². The normalized spacial score (nSPS) is 10.1. The summed E-state index contributed by atoms with van der Waals surface area (Å²) in [7, 11) is 1.67. The Morgan fingerprint density at radius 3 is 2.65 bits per heavy atom. The van der Waals surface area contributed by atoms with E-state index in [9.17, 15) is 0 Å². The van der Waals surface area contributed by atoms with Gasteiger partial charge >= 0.3 is 0 Å². The quantitative estimate of drug-likeness (QED) is 0.905. The molecule has 0 aromatic heterocycles. The fourth-order valence-electron chi connectivity index (χ4n) is 2.25. The summed E-state index contributed by atoms with van der Waals surface area (Å²) in [6.07, 6.45) is 1.24. The third-order valence-corrected chi connectivity index (χ3v) is 3.30. The minimum Gasteiger partial charge on any atom is -0.497 e. The lowest BCUT2D eigenvalue weighted by molar-refractivity contribution is 0.414. The van der Waals surface area contributed by atoms with Gasteiger partial charge < -0.3 is 10.5 Å². The summed E-state index contributed by atoms with van der Waals surface area (Å²) in [6.45, 7) is 0.485. The van der Waals surface area contributed by atoms with Crippen LogP contribution in [0.25, 0.3) is 0 Å². The molecule has 0 fully saturated rings. The van der Waals surface area contributed by atoms with Crippen LogP contribution in [0.1, 0.15) is 22.3 Å². The number of hydrogen-bond donors (Lipinski definition) is 1. The number of nitrogens with zero attached hydrogens (tertiary/aromatic N) is 1. The Hall–Kier alpha value is -2.31. The van der Waals surface area contributed by atoms with Crippen molar-refractivity contribution in [1.82, 2.24) is 0 Å². The van der Waals surface area contributed by atoms with Crippen molar-refractivity contribution in [3.8, 4) is 11.8 Å². The number of benzene rings is 2. The van der Waals surface area contributed by atoms with Gasteiger partial charge in [-0.2, -0.15) is 5.26 Å². The first-order valence-corrected chi connectivity index (χ1v) is 6.57. The molecule has 0 atom stereocenters. The van der Waals surface area contributed by atoms with Crippen molar-refractivity contribution in [3.63, 3.8) is 0 Å². The second-order valence-electron chi connectivity index (χ2n) is 4.67. The zero-order chi connectivity index (χ0) is 14.4. The summed E-state index contributed by atoms with van der Waals surface area (Å²) in [5, 5.41) is 8.75. The number of hydrogen-bond acceptors (Lipinski definition) is 3. The fraction of sp³-hybridized carbons (Fsp3) is 0.235. The van der Waals surface area contributed by atoms with Crippen molar-refractivity contribution in [2.24, 2.45) is 5.73 Å². The minimum absolute atomic E-state index is 0.423. The second-order valence-corrected chi connectivity index (χ2v) is 4.67. The molecule has 0 aliphatic rings. The van der Waals surface area contributed by atoms with Gasteiger partial charge in [-0.05, 0) is 40.8 Å². The molecule has 0 saturated carbocycles. The van der Waals surface area contributed by atoms with Crippen molar-refractivity contribution >= 4 is 0 Å². The van der Waals surface area contributed by atoms with Crippen LogP contribution in [-0.4, -0.2) is 7.11 Å². The van der Waals surface area contributed by atoms with Gasteiger partial charge in [0.15, 0.2) is 0 Å². The molecule has 2 rings (SSSR count). The van der Waals surface area contributed by atoms with Crippen LogP contribution in [0.5, 0.6) is 5.75 Å². The molecule has 0 heterocycles. The highest BCUT2D eigenvalue weighted by atomic mass is 16.5. The predicted octanol–water partition coefficient (Wildman–Crippen LogP) is 2.81. The molecule has 0 aliphatic carbocycles. The van der Waals surface area contributed by atoms with Crippen LogP contribution in [0, 0.1) is 11.3 Å². The maximum atomic E-state index is 8.75. The molecule has 0 spiro atoms. The lowest BCUT2D eigenvalue weighted by Crippen LogP contribution is -2.03. The minimum atomic E-state index is 0.423. The Kier molecular flexibility index (Phi) is 4.75. The highest BCUT2D eigenvalue weighted by molar-refractivity contribution is 5.38. The predicted molar refractivity (Wildman–Crippen MR) is 79.5 cm³/mol. The Bertz CT molecular complexity index is 629. The average molecular weight is 266 g/mol. The maximum Gasteiger partial charge on any atom is 0.119 e. The molecule has 2 N–H and O–H groups in total. The van der Waals surface area contributed by atoms with E-state index in [0.717, 1.165) is 23.3 Å². The zero-order valence-corrected chi connectivity index (χ0v) is 11.6. The molecule has 102 valence electrons. The molecular formula is C17H18N2O. The van der Waals surface area contributed by atoms with Crippen LogP contribution in [-0.2, 0) is 19.4 Å². The number of rotatable bonds is 5. The van der Waals surface area contributed by atoms with Crippen molar-refractivity contribution in [3.05, 3.63) is 64.7 Å². The van der Waals surface area contributed by atoms with Gasteiger partial charge in [-0.3, -0.25) is 0 Å². The summed E-state index contributed by atoms with van der Waals surface area (Å²) in [4.78, 5) is 0. The molecule has 0 aliphatic heterocycles. The van der Waals surface area contributed by atoms with Crippen LogP contribution in [0.4, 0.5) is 0 Å². The summed E-state index contributed by atoms with van der Waals surface area (Å²) < 4.78 is 5.24. The van der Waals surface area contributed by atoms with E-state index in [1.807, 2.05) is 30.3 Å². The van der Waals surface area contributed by atoms with Crippen molar-refractivity contribution in [1.29, 1.82) is 5.26 Å². The summed E-state index contributed by atoms with van der Waals surface area (Å²) >= 11 is 0. The van der Waals surface area contributed by atoms with Gasteiger partial charge in [-0.25, -0.2) is 0 Å². The first-order valence-electron chi connectivity index (χ1n) is 6.57. The topological polar surface area (TPSA) is 59.0 Å².